The lowest BCUT2D eigenvalue weighted by Gasteiger charge is -2.29. The Morgan fingerprint density at radius 3 is 2.47 bits per heavy atom. The van der Waals surface area contributed by atoms with Crippen LogP contribution in [-0.2, 0) is 4.79 Å². The molecule has 0 fully saturated rings. The fourth-order valence-corrected chi connectivity index (χ4v) is 2.08. The minimum absolute atomic E-state index is 0.0329. The van der Waals surface area contributed by atoms with E-state index in [1.807, 2.05) is 31.7 Å². The fourth-order valence-electron chi connectivity index (χ4n) is 2.08. The van der Waals surface area contributed by atoms with Gasteiger partial charge in [-0.3, -0.25) is 9.69 Å². The number of rotatable bonds is 6. The number of hydrogen-bond donors (Lipinski definition) is 1. The Labute approximate surface area is 114 Å². The number of hydrogen-bond acceptors (Lipinski definition) is 2. The lowest BCUT2D eigenvalue weighted by atomic mass is 10.0. The van der Waals surface area contributed by atoms with E-state index >= 15 is 0 Å². The van der Waals surface area contributed by atoms with Crippen LogP contribution >= 0.6 is 0 Å². The highest BCUT2D eigenvalue weighted by Gasteiger charge is 2.20. The minimum Gasteiger partial charge on any atom is -0.480 e. The molecule has 1 atom stereocenters. The highest BCUT2D eigenvalue weighted by molar-refractivity contribution is 5.69. The van der Waals surface area contributed by atoms with Crippen LogP contribution in [0.4, 0.5) is 4.39 Å². The Morgan fingerprint density at radius 2 is 2.00 bits per heavy atom. The molecular formula is C15H22FNO2. The molecule has 1 aromatic carbocycles. The Morgan fingerprint density at radius 1 is 1.37 bits per heavy atom. The molecule has 0 aromatic heterocycles. The summed E-state index contributed by atoms with van der Waals surface area (Å²) in [4.78, 5) is 12.8. The zero-order chi connectivity index (χ0) is 14.6. The van der Waals surface area contributed by atoms with Gasteiger partial charge in [0.15, 0.2) is 0 Å². The molecule has 0 amide bonds. The monoisotopic (exact) mass is 267 g/mol. The molecule has 0 radical (unpaired) electrons. The number of aryl methyl sites for hydroxylation is 1. The van der Waals surface area contributed by atoms with Gasteiger partial charge in [0.2, 0.25) is 0 Å². The SMILES string of the molecule is Cc1ccc(C(C)N(CC(=O)O)CC(C)C)cc1F. The molecule has 0 saturated heterocycles. The summed E-state index contributed by atoms with van der Waals surface area (Å²) in [7, 11) is 0. The van der Waals surface area contributed by atoms with E-state index in [0.717, 1.165) is 5.56 Å². The summed E-state index contributed by atoms with van der Waals surface area (Å²) in [6.07, 6.45) is 0. The highest BCUT2D eigenvalue weighted by Crippen LogP contribution is 2.23. The molecular weight excluding hydrogens is 245 g/mol. The predicted octanol–water partition coefficient (Wildman–Crippen LogP) is 3.24. The van der Waals surface area contributed by atoms with Crippen molar-refractivity contribution in [3.8, 4) is 0 Å². The molecule has 1 rings (SSSR count). The number of halogens is 1. The van der Waals surface area contributed by atoms with Crippen molar-refractivity contribution in [2.24, 2.45) is 5.92 Å². The average Bonchev–Trinajstić information content (AvgIpc) is 2.29. The number of benzene rings is 1. The Kier molecular flexibility index (Phi) is 5.48. The van der Waals surface area contributed by atoms with E-state index in [-0.39, 0.29) is 18.4 Å². The average molecular weight is 267 g/mol. The van der Waals surface area contributed by atoms with Crippen molar-refractivity contribution in [2.75, 3.05) is 13.1 Å². The van der Waals surface area contributed by atoms with Crippen molar-refractivity contribution in [3.63, 3.8) is 0 Å². The second-order valence-electron chi connectivity index (χ2n) is 5.40. The van der Waals surface area contributed by atoms with Crippen LogP contribution in [0, 0.1) is 18.7 Å². The summed E-state index contributed by atoms with van der Waals surface area (Å²) >= 11 is 0. The quantitative estimate of drug-likeness (QED) is 0.860. The third-order valence-corrected chi connectivity index (χ3v) is 3.16. The van der Waals surface area contributed by atoms with Gasteiger partial charge in [0.25, 0.3) is 0 Å². The summed E-state index contributed by atoms with van der Waals surface area (Å²) in [5.41, 5.74) is 1.41. The van der Waals surface area contributed by atoms with Crippen molar-refractivity contribution in [1.29, 1.82) is 0 Å². The molecule has 1 N–H and O–H groups in total. The molecule has 0 spiro atoms. The van der Waals surface area contributed by atoms with Gasteiger partial charge >= 0.3 is 5.97 Å². The van der Waals surface area contributed by atoms with E-state index in [1.54, 1.807) is 13.0 Å². The van der Waals surface area contributed by atoms with Gasteiger partial charge in [0.1, 0.15) is 5.82 Å². The molecule has 0 aliphatic heterocycles. The minimum atomic E-state index is -0.861. The van der Waals surface area contributed by atoms with E-state index in [1.165, 1.54) is 6.07 Å². The van der Waals surface area contributed by atoms with E-state index in [0.29, 0.717) is 18.0 Å². The van der Waals surface area contributed by atoms with Crippen molar-refractivity contribution < 1.29 is 14.3 Å². The Hall–Kier alpha value is -1.42. The van der Waals surface area contributed by atoms with Crippen LogP contribution < -0.4 is 0 Å². The largest absolute Gasteiger partial charge is 0.480 e. The number of aliphatic carboxylic acids is 1. The van der Waals surface area contributed by atoms with Crippen LogP contribution in [0.1, 0.15) is 37.9 Å². The van der Waals surface area contributed by atoms with Crippen molar-refractivity contribution in [2.45, 2.75) is 33.7 Å². The van der Waals surface area contributed by atoms with E-state index in [9.17, 15) is 9.18 Å². The number of nitrogens with zero attached hydrogens (tertiary/aromatic N) is 1. The van der Waals surface area contributed by atoms with E-state index in [4.69, 9.17) is 5.11 Å². The first kappa shape index (κ1) is 15.6. The van der Waals surface area contributed by atoms with E-state index in [2.05, 4.69) is 0 Å². The van der Waals surface area contributed by atoms with Crippen LogP contribution in [0.3, 0.4) is 0 Å². The summed E-state index contributed by atoms with van der Waals surface area (Å²) < 4.78 is 13.6. The van der Waals surface area contributed by atoms with Gasteiger partial charge in [0, 0.05) is 12.6 Å². The predicted molar refractivity (Wildman–Crippen MR) is 73.6 cm³/mol. The van der Waals surface area contributed by atoms with E-state index < -0.39 is 5.97 Å². The summed E-state index contributed by atoms with van der Waals surface area (Å²) in [6.45, 7) is 8.34. The van der Waals surface area contributed by atoms with Gasteiger partial charge in [-0.1, -0.05) is 26.0 Å². The van der Waals surface area contributed by atoms with Gasteiger partial charge in [-0.05, 0) is 37.0 Å². The first-order valence-electron chi connectivity index (χ1n) is 6.53. The molecule has 3 nitrogen and oxygen atoms in total. The standard InChI is InChI=1S/C15H22FNO2/c1-10(2)8-17(9-15(18)19)12(4)13-6-5-11(3)14(16)7-13/h5-7,10,12H,8-9H2,1-4H3,(H,18,19). The fraction of sp³-hybridized carbons (Fsp3) is 0.533. The molecule has 0 aliphatic carbocycles. The molecule has 0 saturated carbocycles. The second-order valence-corrected chi connectivity index (χ2v) is 5.40. The second kappa shape index (κ2) is 6.66. The first-order valence-corrected chi connectivity index (χ1v) is 6.53. The first-order chi connectivity index (χ1) is 8.81. The van der Waals surface area contributed by atoms with Crippen molar-refractivity contribution >= 4 is 5.97 Å². The number of carboxylic acids is 1. The molecule has 0 aliphatic rings. The van der Waals surface area contributed by atoms with Crippen LogP contribution in [0.5, 0.6) is 0 Å². The molecule has 106 valence electrons. The summed E-state index contributed by atoms with van der Waals surface area (Å²) in [5.74, 6) is -0.749. The molecule has 4 heteroatoms. The zero-order valence-electron chi connectivity index (χ0n) is 12.0. The topological polar surface area (TPSA) is 40.5 Å². The molecule has 1 unspecified atom stereocenters. The van der Waals surface area contributed by atoms with Gasteiger partial charge in [-0.25, -0.2) is 4.39 Å². The maximum Gasteiger partial charge on any atom is 0.317 e. The number of carbonyl (C=O) groups is 1. The Balaban J connectivity index is 2.93. The van der Waals surface area contributed by atoms with Crippen LogP contribution in [0.2, 0.25) is 0 Å². The third kappa shape index (κ3) is 4.63. The zero-order valence-corrected chi connectivity index (χ0v) is 12.0. The van der Waals surface area contributed by atoms with Crippen molar-refractivity contribution in [3.05, 3.63) is 35.1 Å². The van der Waals surface area contributed by atoms with Crippen LogP contribution in [0.25, 0.3) is 0 Å². The third-order valence-electron chi connectivity index (χ3n) is 3.16. The molecule has 19 heavy (non-hydrogen) atoms. The van der Waals surface area contributed by atoms with Crippen molar-refractivity contribution in [1.82, 2.24) is 4.90 Å². The maximum atomic E-state index is 13.6. The summed E-state index contributed by atoms with van der Waals surface area (Å²) in [6, 6.07) is 4.97. The van der Waals surface area contributed by atoms with Crippen LogP contribution in [-0.4, -0.2) is 29.1 Å². The smallest absolute Gasteiger partial charge is 0.317 e. The maximum absolute atomic E-state index is 13.6. The highest BCUT2D eigenvalue weighted by atomic mass is 19.1. The van der Waals surface area contributed by atoms with Gasteiger partial charge in [-0.2, -0.15) is 0 Å². The van der Waals surface area contributed by atoms with Gasteiger partial charge in [-0.15, -0.1) is 0 Å². The lowest BCUT2D eigenvalue weighted by molar-refractivity contribution is -0.139. The Bertz CT molecular complexity index is 446. The molecule has 0 bridgehead atoms. The van der Waals surface area contributed by atoms with Gasteiger partial charge < -0.3 is 5.11 Å². The summed E-state index contributed by atoms with van der Waals surface area (Å²) in [5, 5.41) is 8.98. The van der Waals surface area contributed by atoms with Crippen LogP contribution in [0.15, 0.2) is 18.2 Å². The van der Waals surface area contributed by atoms with Gasteiger partial charge in [0.05, 0.1) is 6.54 Å². The molecule has 1 aromatic rings. The molecule has 0 heterocycles. The lowest BCUT2D eigenvalue weighted by Crippen LogP contribution is -2.35. The number of carboxylic acid groups (broad SMARTS) is 1. The normalized spacial score (nSPS) is 13.0.